The zero-order chi connectivity index (χ0) is 14.1. The van der Waals surface area contributed by atoms with E-state index in [1.54, 1.807) is 6.07 Å². The van der Waals surface area contributed by atoms with Crippen LogP contribution in [-0.4, -0.2) is 14.6 Å². The predicted molar refractivity (Wildman–Crippen MR) is 79.4 cm³/mol. The van der Waals surface area contributed by atoms with Crippen molar-refractivity contribution in [1.82, 2.24) is 0 Å². The van der Waals surface area contributed by atoms with Crippen molar-refractivity contribution in [3.63, 3.8) is 0 Å². The molecule has 0 heterocycles. The number of aryl methyl sites for hydroxylation is 1. The van der Waals surface area contributed by atoms with Crippen LogP contribution in [0.1, 0.15) is 36.7 Å². The minimum Gasteiger partial charge on any atom is -0.542 e. The smallest absolute Gasteiger partial charge is 0.250 e. The summed E-state index contributed by atoms with van der Waals surface area (Å²) >= 11 is 6.21. The lowest BCUT2D eigenvalue weighted by atomic mass is 10.1. The Balaban J connectivity index is 3.23. The van der Waals surface area contributed by atoms with Crippen LogP contribution in [0.3, 0.4) is 0 Å². The fourth-order valence-corrected chi connectivity index (χ4v) is 2.79. The molecule has 0 aliphatic carbocycles. The highest BCUT2D eigenvalue weighted by Crippen LogP contribution is 2.40. The summed E-state index contributed by atoms with van der Waals surface area (Å²) in [7, 11) is -1.99. The van der Waals surface area contributed by atoms with Gasteiger partial charge < -0.3 is 4.43 Å². The first-order valence-corrected chi connectivity index (χ1v) is 9.31. The molecule has 2 nitrogen and oxygen atoms in total. The molecule has 1 rings (SSSR count). The number of halogens is 1. The third kappa shape index (κ3) is 3.15. The first-order chi connectivity index (χ1) is 8.08. The Kier molecular flexibility index (Phi) is 4.29. The summed E-state index contributed by atoms with van der Waals surface area (Å²) in [6.07, 6.45) is 0.807. The van der Waals surface area contributed by atoms with Crippen LogP contribution in [0.5, 0.6) is 5.75 Å². The lowest BCUT2D eigenvalue weighted by molar-refractivity contribution is 0.112. The Labute approximate surface area is 115 Å². The summed E-state index contributed by atoms with van der Waals surface area (Å²) in [5.74, 6) is 0.531. The molecule has 18 heavy (non-hydrogen) atoms. The van der Waals surface area contributed by atoms with Gasteiger partial charge in [0.2, 0.25) is 0 Å². The van der Waals surface area contributed by atoms with Crippen LogP contribution in [0.4, 0.5) is 0 Å². The minimum atomic E-state index is -1.99. The second-order valence-electron chi connectivity index (χ2n) is 6.15. The van der Waals surface area contributed by atoms with Gasteiger partial charge in [0.15, 0.2) is 6.29 Å². The summed E-state index contributed by atoms with van der Waals surface area (Å²) < 4.78 is 6.15. The minimum absolute atomic E-state index is 0.0708. The zero-order valence-electron chi connectivity index (χ0n) is 11.9. The van der Waals surface area contributed by atoms with E-state index in [1.807, 2.05) is 13.0 Å². The second-order valence-corrected chi connectivity index (χ2v) is 11.3. The molecule has 0 bridgehead atoms. The molecule has 0 aromatic heterocycles. The van der Waals surface area contributed by atoms with Gasteiger partial charge in [-0.15, -0.1) is 0 Å². The Morgan fingerprint density at radius 2 is 1.83 bits per heavy atom. The van der Waals surface area contributed by atoms with E-state index in [0.29, 0.717) is 16.3 Å². The van der Waals surface area contributed by atoms with E-state index in [9.17, 15) is 4.79 Å². The van der Waals surface area contributed by atoms with Crippen molar-refractivity contribution in [2.75, 3.05) is 0 Å². The van der Waals surface area contributed by atoms with Gasteiger partial charge in [-0.05, 0) is 42.8 Å². The van der Waals surface area contributed by atoms with Gasteiger partial charge >= 0.3 is 0 Å². The average molecular weight is 285 g/mol. The quantitative estimate of drug-likeness (QED) is 0.586. The fourth-order valence-electron chi connectivity index (χ4n) is 1.36. The number of carbonyl (C=O) groups excluding carboxylic acids is 1. The van der Waals surface area contributed by atoms with Crippen LogP contribution in [0.2, 0.25) is 23.2 Å². The van der Waals surface area contributed by atoms with Crippen LogP contribution in [-0.2, 0) is 0 Å². The van der Waals surface area contributed by atoms with Gasteiger partial charge in [-0.25, -0.2) is 0 Å². The molecule has 1 aromatic rings. The molecule has 0 N–H and O–H groups in total. The molecule has 0 amide bonds. The van der Waals surface area contributed by atoms with Crippen molar-refractivity contribution in [1.29, 1.82) is 0 Å². The molecular weight excluding hydrogens is 264 g/mol. The number of hydrogen-bond acceptors (Lipinski definition) is 2. The molecule has 0 saturated heterocycles. The first-order valence-electron chi connectivity index (χ1n) is 6.03. The topological polar surface area (TPSA) is 26.3 Å². The van der Waals surface area contributed by atoms with Gasteiger partial charge in [0.25, 0.3) is 8.32 Å². The van der Waals surface area contributed by atoms with Gasteiger partial charge in [0.1, 0.15) is 5.75 Å². The number of benzene rings is 1. The van der Waals surface area contributed by atoms with E-state index in [0.717, 1.165) is 11.8 Å². The molecule has 100 valence electrons. The monoisotopic (exact) mass is 284 g/mol. The first kappa shape index (κ1) is 15.3. The lowest BCUT2D eigenvalue weighted by Gasteiger charge is -2.37. The summed E-state index contributed by atoms with van der Waals surface area (Å²) in [4.78, 5) is 11.1. The van der Waals surface area contributed by atoms with Crippen molar-refractivity contribution in [3.05, 3.63) is 28.3 Å². The van der Waals surface area contributed by atoms with Crippen LogP contribution in [0.15, 0.2) is 12.1 Å². The highest BCUT2D eigenvalue weighted by Gasteiger charge is 2.39. The highest BCUT2D eigenvalue weighted by molar-refractivity contribution is 6.74. The van der Waals surface area contributed by atoms with Crippen molar-refractivity contribution in [2.24, 2.45) is 0 Å². The van der Waals surface area contributed by atoms with Crippen LogP contribution >= 0.6 is 11.6 Å². The Hall–Kier alpha value is -0.803. The summed E-state index contributed by atoms with van der Waals surface area (Å²) in [5.41, 5.74) is 1.49. The highest BCUT2D eigenvalue weighted by atomic mass is 35.5. The number of aldehydes is 1. The predicted octanol–water partition coefficient (Wildman–Crippen LogP) is 4.84. The third-order valence-electron chi connectivity index (χ3n) is 3.51. The molecule has 4 heteroatoms. The largest absolute Gasteiger partial charge is 0.542 e. The van der Waals surface area contributed by atoms with Crippen molar-refractivity contribution < 1.29 is 9.22 Å². The number of carbonyl (C=O) groups is 1. The second kappa shape index (κ2) is 5.06. The Bertz CT molecular complexity index is 462. The van der Waals surface area contributed by atoms with Gasteiger partial charge in [0, 0.05) is 0 Å². The maximum absolute atomic E-state index is 11.1. The Morgan fingerprint density at radius 3 is 2.28 bits per heavy atom. The van der Waals surface area contributed by atoms with E-state index in [-0.39, 0.29) is 5.04 Å². The summed E-state index contributed by atoms with van der Waals surface area (Å²) in [5, 5.41) is 0.586. The molecular formula is C14H21ClO2Si. The van der Waals surface area contributed by atoms with Crippen LogP contribution in [0, 0.1) is 6.92 Å². The van der Waals surface area contributed by atoms with Crippen molar-refractivity contribution in [3.8, 4) is 5.75 Å². The molecule has 0 unspecified atom stereocenters. The van der Waals surface area contributed by atoms with Gasteiger partial charge in [-0.1, -0.05) is 32.4 Å². The normalized spacial score (nSPS) is 12.4. The van der Waals surface area contributed by atoms with Gasteiger partial charge in [0.05, 0.1) is 10.6 Å². The average Bonchev–Trinajstić information content (AvgIpc) is 2.19. The molecule has 0 aliphatic rings. The zero-order valence-corrected chi connectivity index (χ0v) is 13.7. The van der Waals surface area contributed by atoms with E-state index < -0.39 is 8.32 Å². The van der Waals surface area contributed by atoms with Crippen LogP contribution < -0.4 is 4.43 Å². The molecule has 0 radical (unpaired) electrons. The standard InChI is InChI=1S/C14H21ClO2Si/c1-10-7-11(9-16)13(12(15)8-10)17-18(5,6)14(2,3)4/h7-9H,1-6H3. The van der Waals surface area contributed by atoms with Gasteiger partial charge in [-0.3, -0.25) is 4.79 Å². The fraction of sp³-hybridized carbons (Fsp3) is 0.500. The Morgan fingerprint density at radius 1 is 1.28 bits per heavy atom. The molecule has 0 fully saturated rings. The van der Waals surface area contributed by atoms with E-state index in [2.05, 4.69) is 33.9 Å². The summed E-state index contributed by atoms with van der Waals surface area (Å²) in [6, 6.07) is 3.64. The SMILES string of the molecule is Cc1cc(Cl)c(O[Si](C)(C)C(C)(C)C)c(C=O)c1. The number of rotatable bonds is 3. The van der Waals surface area contributed by atoms with Crippen molar-refractivity contribution >= 4 is 26.2 Å². The van der Waals surface area contributed by atoms with E-state index in [4.69, 9.17) is 16.0 Å². The van der Waals surface area contributed by atoms with E-state index in [1.165, 1.54) is 0 Å². The summed E-state index contributed by atoms with van der Waals surface area (Å²) in [6.45, 7) is 12.6. The molecule has 0 spiro atoms. The third-order valence-corrected chi connectivity index (χ3v) is 8.11. The lowest BCUT2D eigenvalue weighted by Crippen LogP contribution is -2.44. The van der Waals surface area contributed by atoms with Crippen molar-refractivity contribution in [2.45, 2.75) is 45.8 Å². The molecule has 0 saturated carbocycles. The molecule has 0 atom stereocenters. The molecule has 0 aliphatic heterocycles. The van der Waals surface area contributed by atoms with Crippen LogP contribution in [0.25, 0.3) is 0 Å². The maximum atomic E-state index is 11.1. The number of hydrogen-bond donors (Lipinski definition) is 0. The van der Waals surface area contributed by atoms with Gasteiger partial charge in [-0.2, -0.15) is 0 Å². The molecule has 1 aromatic carbocycles. The van der Waals surface area contributed by atoms with E-state index >= 15 is 0 Å². The maximum Gasteiger partial charge on any atom is 0.250 e.